The van der Waals surface area contributed by atoms with Crippen molar-refractivity contribution in [3.63, 3.8) is 0 Å². The van der Waals surface area contributed by atoms with Crippen LogP contribution in [-0.2, 0) is 0 Å². The van der Waals surface area contributed by atoms with E-state index in [0.29, 0.717) is 11.4 Å². The third-order valence-corrected chi connectivity index (χ3v) is 2.01. The maximum absolute atomic E-state index is 5.88. The van der Waals surface area contributed by atoms with Crippen LogP contribution in [0.1, 0.15) is 11.1 Å². The SMILES string of the molecule is C=C/C(NN)=C(/N)c1ccc(C)cc1. The number of hydrazine groups is 1. The van der Waals surface area contributed by atoms with E-state index in [4.69, 9.17) is 11.6 Å². The van der Waals surface area contributed by atoms with Crippen LogP contribution in [-0.4, -0.2) is 0 Å². The third-order valence-electron chi connectivity index (χ3n) is 2.01. The van der Waals surface area contributed by atoms with Gasteiger partial charge in [-0.05, 0) is 18.6 Å². The lowest BCUT2D eigenvalue weighted by molar-refractivity contribution is 0.917. The van der Waals surface area contributed by atoms with Gasteiger partial charge in [0.15, 0.2) is 0 Å². The fourth-order valence-corrected chi connectivity index (χ4v) is 1.14. The molecule has 3 nitrogen and oxygen atoms in total. The molecule has 0 saturated heterocycles. The Hall–Kier alpha value is -1.74. The molecular weight excluding hydrogens is 174 g/mol. The third kappa shape index (κ3) is 2.14. The molecule has 14 heavy (non-hydrogen) atoms. The van der Waals surface area contributed by atoms with E-state index in [1.165, 1.54) is 5.56 Å². The Balaban J connectivity index is 3.10. The summed E-state index contributed by atoms with van der Waals surface area (Å²) in [6, 6.07) is 7.90. The molecule has 0 aliphatic carbocycles. The van der Waals surface area contributed by atoms with E-state index in [1.54, 1.807) is 6.08 Å². The maximum Gasteiger partial charge on any atom is 0.0716 e. The minimum Gasteiger partial charge on any atom is -0.397 e. The maximum atomic E-state index is 5.88. The summed E-state index contributed by atoms with van der Waals surface area (Å²) in [6.45, 7) is 5.64. The van der Waals surface area contributed by atoms with Gasteiger partial charge in [0.05, 0.1) is 11.4 Å². The summed E-state index contributed by atoms with van der Waals surface area (Å²) < 4.78 is 0. The number of hydrogen-bond acceptors (Lipinski definition) is 3. The van der Waals surface area contributed by atoms with Crippen molar-refractivity contribution < 1.29 is 0 Å². The molecule has 0 saturated carbocycles. The highest BCUT2D eigenvalue weighted by molar-refractivity contribution is 5.67. The van der Waals surface area contributed by atoms with Crippen molar-refractivity contribution in [1.82, 2.24) is 5.43 Å². The topological polar surface area (TPSA) is 64.1 Å². The smallest absolute Gasteiger partial charge is 0.0716 e. The molecule has 0 aliphatic heterocycles. The molecule has 5 N–H and O–H groups in total. The summed E-state index contributed by atoms with van der Waals surface area (Å²) in [4.78, 5) is 0. The van der Waals surface area contributed by atoms with Crippen LogP contribution in [0.4, 0.5) is 0 Å². The predicted molar refractivity (Wildman–Crippen MR) is 59.8 cm³/mol. The first-order valence-corrected chi connectivity index (χ1v) is 4.35. The average molecular weight is 189 g/mol. The van der Waals surface area contributed by atoms with E-state index in [9.17, 15) is 0 Å². The number of allylic oxidation sites excluding steroid dienone is 1. The first-order chi connectivity index (χ1) is 6.69. The molecule has 0 fully saturated rings. The Morgan fingerprint density at radius 1 is 1.36 bits per heavy atom. The number of benzene rings is 1. The summed E-state index contributed by atoms with van der Waals surface area (Å²) in [5, 5.41) is 0. The average Bonchev–Trinajstić information content (AvgIpc) is 2.20. The van der Waals surface area contributed by atoms with Gasteiger partial charge in [-0.1, -0.05) is 36.4 Å². The second-order valence-electron chi connectivity index (χ2n) is 3.04. The Morgan fingerprint density at radius 2 is 1.93 bits per heavy atom. The molecule has 0 aliphatic rings. The summed E-state index contributed by atoms with van der Waals surface area (Å²) in [7, 11) is 0. The lowest BCUT2D eigenvalue weighted by Gasteiger charge is -2.07. The zero-order chi connectivity index (χ0) is 10.6. The van der Waals surface area contributed by atoms with Crippen LogP contribution in [0.25, 0.3) is 5.70 Å². The normalized spacial score (nSPS) is 11.9. The summed E-state index contributed by atoms with van der Waals surface area (Å²) in [5.41, 5.74) is 11.7. The molecule has 0 aromatic heterocycles. The molecule has 0 heterocycles. The van der Waals surface area contributed by atoms with Crippen LogP contribution in [0.15, 0.2) is 42.6 Å². The Kier molecular flexibility index (Phi) is 3.31. The van der Waals surface area contributed by atoms with Crippen molar-refractivity contribution in [3.05, 3.63) is 53.7 Å². The molecular formula is C11H15N3. The monoisotopic (exact) mass is 189 g/mol. The van der Waals surface area contributed by atoms with Crippen LogP contribution in [0, 0.1) is 6.92 Å². The molecule has 0 bridgehead atoms. The van der Waals surface area contributed by atoms with Crippen LogP contribution >= 0.6 is 0 Å². The summed E-state index contributed by atoms with van der Waals surface area (Å²) in [6.07, 6.45) is 1.59. The highest BCUT2D eigenvalue weighted by Crippen LogP contribution is 2.12. The summed E-state index contributed by atoms with van der Waals surface area (Å²) >= 11 is 0. The standard InChI is InChI=1S/C11H15N3/c1-3-10(14-13)11(12)9-6-4-8(2)5-7-9/h3-7,14H,1,12-13H2,2H3/b11-10-. The van der Waals surface area contributed by atoms with Gasteiger partial charge < -0.3 is 11.2 Å². The van der Waals surface area contributed by atoms with Gasteiger partial charge in [0, 0.05) is 0 Å². The van der Waals surface area contributed by atoms with Gasteiger partial charge in [0.1, 0.15) is 0 Å². The molecule has 1 aromatic rings. The van der Waals surface area contributed by atoms with E-state index in [0.717, 1.165) is 5.56 Å². The van der Waals surface area contributed by atoms with Crippen molar-refractivity contribution in [1.29, 1.82) is 0 Å². The molecule has 0 unspecified atom stereocenters. The lowest BCUT2D eigenvalue weighted by Crippen LogP contribution is -2.23. The molecule has 0 radical (unpaired) electrons. The Labute approximate surface area is 84.1 Å². The number of aryl methyl sites for hydroxylation is 1. The first kappa shape index (κ1) is 10.3. The molecule has 0 amide bonds. The molecule has 0 spiro atoms. The zero-order valence-corrected chi connectivity index (χ0v) is 8.25. The largest absolute Gasteiger partial charge is 0.397 e. The second kappa shape index (κ2) is 4.48. The van der Waals surface area contributed by atoms with Crippen molar-refractivity contribution >= 4 is 5.70 Å². The van der Waals surface area contributed by atoms with Crippen molar-refractivity contribution in [2.45, 2.75) is 6.92 Å². The number of nitrogens with one attached hydrogen (secondary N) is 1. The Bertz CT molecular complexity index is 349. The van der Waals surface area contributed by atoms with Gasteiger partial charge in [-0.25, -0.2) is 0 Å². The molecule has 0 atom stereocenters. The van der Waals surface area contributed by atoms with E-state index >= 15 is 0 Å². The van der Waals surface area contributed by atoms with Gasteiger partial charge in [0.2, 0.25) is 0 Å². The quantitative estimate of drug-likeness (QED) is 0.381. The van der Waals surface area contributed by atoms with E-state index in [2.05, 4.69) is 12.0 Å². The van der Waals surface area contributed by atoms with Gasteiger partial charge in [-0.2, -0.15) is 0 Å². The highest BCUT2D eigenvalue weighted by atomic mass is 15.2. The number of rotatable bonds is 3. The minimum absolute atomic E-state index is 0.600. The molecule has 1 rings (SSSR count). The van der Waals surface area contributed by atoms with Crippen molar-refractivity contribution in [2.75, 3.05) is 0 Å². The van der Waals surface area contributed by atoms with Crippen molar-refractivity contribution in [3.8, 4) is 0 Å². The highest BCUT2D eigenvalue weighted by Gasteiger charge is 2.00. The van der Waals surface area contributed by atoms with Crippen LogP contribution in [0.3, 0.4) is 0 Å². The fourth-order valence-electron chi connectivity index (χ4n) is 1.14. The van der Waals surface area contributed by atoms with Crippen LogP contribution in [0.5, 0.6) is 0 Å². The predicted octanol–water partition coefficient (Wildman–Crippen LogP) is 1.27. The van der Waals surface area contributed by atoms with Crippen molar-refractivity contribution in [2.24, 2.45) is 11.6 Å². The number of nitrogens with two attached hydrogens (primary N) is 2. The Morgan fingerprint density at radius 3 is 2.36 bits per heavy atom. The zero-order valence-electron chi connectivity index (χ0n) is 8.25. The molecule has 3 heteroatoms. The van der Waals surface area contributed by atoms with Crippen LogP contribution in [0.2, 0.25) is 0 Å². The lowest BCUT2D eigenvalue weighted by atomic mass is 10.1. The molecule has 1 aromatic carbocycles. The van der Waals surface area contributed by atoms with Gasteiger partial charge in [-0.3, -0.25) is 5.84 Å². The molecule has 74 valence electrons. The van der Waals surface area contributed by atoms with E-state index < -0.39 is 0 Å². The van der Waals surface area contributed by atoms with Gasteiger partial charge in [-0.15, -0.1) is 0 Å². The van der Waals surface area contributed by atoms with Gasteiger partial charge >= 0.3 is 0 Å². The second-order valence-corrected chi connectivity index (χ2v) is 3.04. The first-order valence-electron chi connectivity index (χ1n) is 4.35. The van der Waals surface area contributed by atoms with Gasteiger partial charge in [0.25, 0.3) is 0 Å². The number of hydrogen-bond donors (Lipinski definition) is 3. The summed E-state index contributed by atoms with van der Waals surface area (Å²) in [5.74, 6) is 5.29. The fraction of sp³-hybridized carbons (Fsp3) is 0.0909. The van der Waals surface area contributed by atoms with Crippen LogP contribution < -0.4 is 17.0 Å². The minimum atomic E-state index is 0.600. The van der Waals surface area contributed by atoms with E-state index in [1.807, 2.05) is 31.2 Å². The van der Waals surface area contributed by atoms with E-state index in [-0.39, 0.29) is 0 Å².